The normalized spacial score (nSPS) is 24.7. The minimum Gasteiger partial charge on any atom is -0.393 e. The molecule has 0 saturated heterocycles. The number of aromatic nitrogens is 3. The average molecular weight is 354 g/mol. The average Bonchev–Trinajstić information content (AvgIpc) is 3.15. The summed E-state index contributed by atoms with van der Waals surface area (Å²) in [5.41, 5.74) is 2.47. The highest BCUT2D eigenvalue weighted by molar-refractivity contribution is 5.95. The van der Waals surface area contributed by atoms with Gasteiger partial charge in [-0.3, -0.25) is 14.9 Å². The van der Waals surface area contributed by atoms with Gasteiger partial charge in [0, 0.05) is 12.1 Å². The van der Waals surface area contributed by atoms with Crippen molar-refractivity contribution in [3.63, 3.8) is 0 Å². The van der Waals surface area contributed by atoms with E-state index in [1.54, 1.807) is 12.4 Å². The zero-order valence-corrected chi connectivity index (χ0v) is 14.9. The molecule has 6 heteroatoms. The molecule has 0 aliphatic heterocycles. The van der Waals surface area contributed by atoms with Crippen molar-refractivity contribution in [2.75, 3.05) is 0 Å². The van der Waals surface area contributed by atoms with E-state index in [2.05, 4.69) is 20.5 Å². The molecule has 2 aromatic heterocycles. The van der Waals surface area contributed by atoms with Crippen LogP contribution in [-0.2, 0) is 0 Å². The number of carbonyl (C=O) groups excluding carboxylic acids is 1. The van der Waals surface area contributed by atoms with Crippen LogP contribution in [0.3, 0.4) is 0 Å². The van der Waals surface area contributed by atoms with Crippen molar-refractivity contribution in [1.82, 2.24) is 20.5 Å². The van der Waals surface area contributed by atoms with Crippen LogP contribution in [0.1, 0.15) is 78.7 Å². The van der Waals surface area contributed by atoms with Crippen molar-refractivity contribution >= 4 is 5.91 Å². The van der Waals surface area contributed by atoms with Crippen LogP contribution in [0.5, 0.6) is 0 Å². The van der Waals surface area contributed by atoms with Crippen molar-refractivity contribution in [2.45, 2.75) is 63.0 Å². The van der Waals surface area contributed by atoms with Crippen LogP contribution in [0.25, 0.3) is 0 Å². The Hall–Kier alpha value is -2.21. The number of nitrogens with one attached hydrogen (secondary N) is 2. The largest absolute Gasteiger partial charge is 0.393 e. The summed E-state index contributed by atoms with van der Waals surface area (Å²) in [6.45, 7) is 0. The van der Waals surface area contributed by atoms with Gasteiger partial charge < -0.3 is 10.4 Å². The quantitative estimate of drug-likeness (QED) is 0.769. The summed E-state index contributed by atoms with van der Waals surface area (Å²) < 4.78 is 0. The summed E-state index contributed by atoms with van der Waals surface area (Å²) in [4.78, 5) is 17.5. The summed E-state index contributed by atoms with van der Waals surface area (Å²) in [6.07, 6.45) is 10.4. The predicted octanol–water partition coefficient (Wildman–Crippen LogP) is 3.09. The monoisotopic (exact) mass is 354 g/mol. The van der Waals surface area contributed by atoms with Gasteiger partial charge in [0.2, 0.25) is 0 Å². The lowest BCUT2D eigenvalue weighted by Gasteiger charge is -2.37. The van der Waals surface area contributed by atoms with Crippen molar-refractivity contribution in [2.24, 2.45) is 5.92 Å². The van der Waals surface area contributed by atoms with Gasteiger partial charge in [-0.05, 0) is 43.7 Å². The third-order valence-corrected chi connectivity index (χ3v) is 5.84. The molecule has 2 aliphatic rings. The smallest absolute Gasteiger partial charge is 0.255 e. The molecular formula is C20H26N4O2. The molecular weight excluding hydrogens is 328 g/mol. The Labute approximate surface area is 153 Å². The van der Waals surface area contributed by atoms with E-state index in [-0.39, 0.29) is 24.0 Å². The van der Waals surface area contributed by atoms with Crippen LogP contribution < -0.4 is 5.32 Å². The van der Waals surface area contributed by atoms with Crippen molar-refractivity contribution in [1.29, 1.82) is 0 Å². The Bertz CT molecular complexity index is 733. The van der Waals surface area contributed by atoms with Gasteiger partial charge in [0.05, 0.1) is 35.3 Å². The predicted molar refractivity (Wildman–Crippen MR) is 97.6 cm³/mol. The highest BCUT2D eigenvalue weighted by Crippen LogP contribution is 2.38. The SMILES string of the molecule is O=C(NC(c1ccccn1)C1CC(O)C1)c1cn[nH]c1C1CCCCC1. The highest BCUT2D eigenvalue weighted by atomic mass is 16.3. The van der Waals surface area contributed by atoms with Gasteiger partial charge in [0.15, 0.2) is 0 Å². The maximum atomic E-state index is 13.0. The van der Waals surface area contributed by atoms with Crippen LogP contribution in [0, 0.1) is 5.92 Å². The number of aliphatic hydroxyl groups excluding tert-OH is 1. The van der Waals surface area contributed by atoms with E-state index in [0.717, 1.165) is 24.2 Å². The molecule has 0 bridgehead atoms. The Morgan fingerprint density at radius 1 is 1.23 bits per heavy atom. The Balaban J connectivity index is 1.53. The first-order chi connectivity index (χ1) is 12.7. The molecule has 2 aliphatic carbocycles. The zero-order valence-electron chi connectivity index (χ0n) is 14.9. The van der Waals surface area contributed by atoms with E-state index in [4.69, 9.17) is 0 Å². The summed E-state index contributed by atoms with van der Waals surface area (Å²) >= 11 is 0. The minimum absolute atomic E-state index is 0.101. The van der Waals surface area contributed by atoms with E-state index in [0.29, 0.717) is 24.3 Å². The van der Waals surface area contributed by atoms with Gasteiger partial charge in [-0.2, -0.15) is 5.10 Å². The number of rotatable bonds is 5. The molecule has 2 saturated carbocycles. The van der Waals surface area contributed by atoms with Crippen LogP contribution in [-0.4, -0.2) is 32.3 Å². The van der Waals surface area contributed by atoms with Crippen LogP contribution in [0.2, 0.25) is 0 Å². The lowest BCUT2D eigenvalue weighted by atomic mass is 9.76. The highest BCUT2D eigenvalue weighted by Gasteiger charge is 2.37. The molecule has 1 unspecified atom stereocenters. The lowest BCUT2D eigenvalue weighted by Crippen LogP contribution is -2.42. The number of aromatic amines is 1. The maximum absolute atomic E-state index is 13.0. The molecule has 2 fully saturated rings. The molecule has 2 aromatic rings. The number of hydrogen-bond acceptors (Lipinski definition) is 4. The minimum atomic E-state index is -0.269. The molecule has 0 aromatic carbocycles. The number of aliphatic hydroxyl groups is 1. The van der Waals surface area contributed by atoms with Crippen LogP contribution in [0.4, 0.5) is 0 Å². The first-order valence-electron chi connectivity index (χ1n) is 9.65. The second kappa shape index (κ2) is 7.58. The first kappa shape index (κ1) is 17.2. The standard InChI is InChI=1S/C20H26N4O2/c25-15-10-14(11-15)19(17-8-4-5-9-21-17)23-20(26)16-12-22-24-18(16)13-6-2-1-3-7-13/h4-5,8-9,12-15,19,25H,1-3,6-7,10-11H2,(H,22,24)(H,23,26). The van der Waals surface area contributed by atoms with E-state index < -0.39 is 0 Å². The van der Waals surface area contributed by atoms with Crippen LogP contribution in [0.15, 0.2) is 30.6 Å². The van der Waals surface area contributed by atoms with E-state index in [1.165, 1.54) is 19.3 Å². The summed E-state index contributed by atoms with van der Waals surface area (Å²) in [5.74, 6) is 0.510. The van der Waals surface area contributed by atoms with Gasteiger partial charge in [-0.15, -0.1) is 0 Å². The molecule has 0 radical (unpaired) electrons. The molecule has 1 atom stereocenters. The van der Waals surface area contributed by atoms with Gasteiger partial charge in [-0.25, -0.2) is 0 Å². The Kier molecular flexibility index (Phi) is 5.02. The number of amides is 1. The number of hydrogen-bond donors (Lipinski definition) is 3. The number of pyridine rings is 1. The fourth-order valence-electron chi connectivity index (χ4n) is 4.29. The number of carbonyl (C=O) groups is 1. The fourth-order valence-corrected chi connectivity index (χ4v) is 4.29. The maximum Gasteiger partial charge on any atom is 0.255 e. The summed E-state index contributed by atoms with van der Waals surface area (Å²) in [6, 6.07) is 5.56. The molecule has 138 valence electrons. The van der Waals surface area contributed by atoms with E-state index in [1.807, 2.05) is 18.2 Å². The van der Waals surface area contributed by atoms with E-state index >= 15 is 0 Å². The van der Waals surface area contributed by atoms with E-state index in [9.17, 15) is 9.90 Å². The topological polar surface area (TPSA) is 90.9 Å². The number of H-pyrrole nitrogens is 1. The van der Waals surface area contributed by atoms with Crippen molar-refractivity contribution in [3.8, 4) is 0 Å². The third-order valence-electron chi connectivity index (χ3n) is 5.84. The lowest BCUT2D eigenvalue weighted by molar-refractivity contribution is 0.0228. The Morgan fingerprint density at radius 3 is 2.73 bits per heavy atom. The third kappa shape index (κ3) is 3.51. The van der Waals surface area contributed by atoms with Gasteiger partial charge in [0.25, 0.3) is 5.91 Å². The molecule has 26 heavy (non-hydrogen) atoms. The molecule has 3 N–H and O–H groups in total. The second-order valence-corrected chi connectivity index (χ2v) is 7.62. The van der Waals surface area contributed by atoms with Gasteiger partial charge in [-0.1, -0.05) is 25.3 Å². The Morgan fingerprint density at radius 2 is 2.04 bits per heavy atom. The van der Waals surface area contributed by atoms with Gasteiger partial charge in [0.1, 0.15) is 0 Å². The van der Waals surface area contributed by atoms with Crippen molar-refractivity contribution < 1.29 is 9.90 Å². The number of nitrogens with zero attached hydrogens (tertiary/aromatic N) is 2. The molecule has 6 nitrogen and oxygen atoms in total. The van der Waals surface area contributed by atoms with Crippen molar-refractivity contribution in [3.05, 3.63) is 47.5 Å². The summed E-state index contributed by atoms with van der Waals surface area (Å²) in [7, 11) is 0. The summed E-state index contributed by atoms with van der Waals surface area (Å²) in [5, 5.41) is 20.1. The molecule has 4 rings (SSSR count). The molecule has 0 spiro atoms. The van der Waals surface area contributed by atoms with Crippen LogP contribution >= 0.6 is 0 Å². The zero-order chi connectivity index (χ0) is 17.9. The first-order valence-corrected chi connectivity index (χ1v) is 9.65. The fraction of sp³-hybridized carbons (Fsp3) is 0.550. The van der Waals surface area contributed by atoms with Gasteiger partial charge >= 0.3 is 0 Å². The molecule has 1 amide bonds. The molecule has 2 heterocycles. The second-order valence-electron chi connectivity index (χ2n) is 7.62.